The summed E-state index contributed by atoms with van der Waals surface area (Å²) < 4.78 is 1.68. The van der Waals surface area contributed by atoms with Crippen LogP contribution in [-0.4, -0.2) is 15.7 Å². The maximum Gasteiger partial charge on any atom is 0.255 e. The molecule has 0 fully saturated rings. The predicted molar refractivity (Wildman–Crippen MR) is 105 cm³/mol. The van der Waals surface area contributed by atoms with Gasteiger partial charge in [0.1, 0.15) is 0 Å². The highest BCUT2D eigenvalue weighted by Crippen LogP contribution is 2.25. The Morgan fingerprint density at radius 2 is 1.88 bits per heavy atom. The van der Waals surface area contributed by atoms with Crippen molar-refractivity contribution in [3.63, 3.8) is 0 Å². The van der Waals surface area contributed by atoms with E-state index in [4.69, 9.17) is 23.2 Å². The van der Waals surface area contributed by atoms with Gasteiger partial charge < -0.3 is 5.32 Å². The zero-order chi connectivity index (χ0) is 18.7. The number of carbonyl (C=O) groups excluding carboxylic acids is 1. The van der Waals surface area contributed by atoms with Gasteiger partial charge in [0.2, 0.25) is 0 Å². The van der Waals surface area contributed by atoms with Crippen LogP contribution in [0.15, 0.2) is 54.7 Å². The van der Waals surface area contributed by atoms with Gasteiger partial charge in [-0.05, 0) is 37.1 Å². The molecule has 1 N–H and O–H groups in total. The third-order valence-corrected chi connectivity index (χ3v) is 5.06. The van der Waals surface area contributed by atoms with Crippen LogP contribution >= 0.6 is 23.2 Å². The van der Waals surface area contributed by atoms with Crippen molar-refractivity contribution in [3.8, 4) is 5.69 Å². The molecule has 0 bridgehead atoms. The SMILES string of the molecule is CCC(NC(=O)c1cnn(-c2ccc(Cl)c(Cl)c2)c1C)c1ccccc1. The minimum atomic E-state index is -0.149. The summed E-state index contributed by atoms with van der Waals surface area (Å²) in [7, 11) is 0. The molecule has 1 aromatic heterocycles. The summed E-state index contributed by atoms with van der Waals surface area (Å²) in [5.74, 6) is -0.149. The second-order valence-corrected chi connectivity index (χ2v) is 6.81. The molecule has 0 spiro atoms. The van der Waals surface area contributed by atoms with E-state index in [2.05, 4.69) is 10.4 Å². The van der Waals surface area contributed by atoms with E-state index in [1.807, 2.05) is 50.2 Å². The summed E-state index contributed by atoms with van der Waals surface area (Å²) in [6, 6.07) is 15.1. The number of hydrogen-bond acceptors (Lipinski definition) is 2. The number of benzene rings is 2. The number of rotatable bonds is 5. The molecule has 1 heterocycles. The van der Waals surface area contributed by atoms with Gasteiger partial charge in [-0.3, -0.25) is 4.79 Å². The standard InChI is InChI=1S/C20H19Cl2N3O/c1-3-19(14-7-5-4-6-8-14)24-20(26)16-12-23-25(13(16)2)15-9-10-17(21)18(22)11-15/h4-12,19H,3H2,1-2H3,(H,24,26). The maximum atomic E-state index is 12.8. The first-order valence-electron chi connectivity index (χ1n) is 8.37. The minimum Gasteiger partial charge on any atom is -0.345 e. The Morgan fingerprint density at radius 3 is 2.54 bits per heavy atom. The molecule has 134 valence electrons. The lowest BCUT2D eigenvalue weighted by Crippen LogP contribution is -2.28. The maximum absolute atomic E-state index is 12.8. The van der Waals surface area contributed by atoms with Crippen molar-refractivity contribution in [2.45, 2.75) is 26.3 Å². The second-order valence-electron chi connectivity index (χ2n) is 6.00. The van der Waals surface area contributed by atoms with Crippen molar-refractivity contribution in [1.82, 2.24) is 15.1 Å². The first-order chi connectivity index (χ1) is 12.5. The number of nitrogens with one attached hydrogen (secondary N) is 1. The molecule has 2 aromatic carbocycles. The van der Waals surface area contributed by atoms with Crippen LogP contribution in [0.4, 0.5) is 0 Å². The third-order valence-electron chi connectivity index (χ3n) is 4.32. The van der Waals surface area contributed by atoms with Gasteiger partial charge in [0.05, 0.1) is 39.2 Å². The van der Waals surface area contributed by atoms with E-state index >= 15 is 0 Å². The Kier molecular flexibility index (Phi) is 5.64. The predicted octanol–water partition coefficient (Wildman–Crippen LogP) is 5.37. The fourth-order valence-electron chi connectivity index (χ4n) is 2.85. The van der Waals surface area contributed by atoms with Crippen LogP contribution in [0.1, 0.15) is 41.0 Å². The first kappa shape index (κ1) is 18.5. The van der Waals surface area contributed by atoms with E-state index in [-0.39, 0.29) is 11.9 Å². The van der Waals surface area contributed by atoms with Crippen molar-refractivity contribution in [3.05, 3.63) is 81.6 Å². The third kappa shape index (κ3) is 3.76. The van der Waals surface area contributed by atoms with Gasteiger partial charge in [-0.1, -0.05) is 60.5 Å². The molecular weight excluding hydrogens is 369 g/mol. The van der Waals surface area contributed by atoms with Gasteiger partial charge in [-0.2, -0.15) is 5.10 Å². The number of nitrogens with zero attached hydrogens (tertiary/aromatic N) is 2. The van der Waals surface area contributed by atoms with Gasteiger partial charge in [0, 0.05) is 0 Å². The van der Waals surface area contributed by atoms with Crippen molar-refractivity contribution in [2.75, 3.05) is 0 Å². The molecule has 26 heavy (non-hydrogen) atoms. The quantitative estimate of drug-likeness (QED) is 0.639. The molecule has 0 aliphatic heterocycles. The van der Waals surface area contributed by atoms with Crippen LogP contribution in [0, 0.1) is 6.92 Å². The summed E-state index contributed by atoms with van der Waals surface area (Å²) in [6.07, 6.45) is 2.38. The van der Waals surface area contributed by atoms with Crippen LogP contribution in [0.2, 0.25) is 10.0 Å². The molecule has 0 aliphatic rings. The Labute approximate surface area is 162 Å². The molecule has 0 aliphatic carbocycles. The lowest BCUT2D eigenvalue weighted by molar-refractivity contribution is 0.0935. The Bertz CT molecular complexity index is 922. The highest BCUT2D eigenvalue weighted by molar-refractivity contribution is 6.42. The van der Waals surface area contributed by atoms with Crippen LogP contribution < -0.4 is 5.32 Å². The Morgan fingerprint density at radius 1 is 1.15 bits per heavy atom. The van der Waals surface area contributed by atoms with E-state index in [0.29, 0.717) is 15.6 Å². The molecule has 1 amide bonds. The number of carbonyl (C=O) groups is 1. The van der Waals surface area contributed by atoms with E-state index in [1.54, 1.807) is 23.0 Å². The molecule has 0 saturated carbocycles. The van der Waals surface area contributed by atoms with Crippen molar-refractivity contribution in [2.24, 2.45) is 0 Å². The van der Waals surface area contributed by atoms with Crippen LogP contribution in [0.3, 0.4) is 0 Å². The molecule has 0 saturated heterocycles. The largest absolute Gasteiger partial charge is 0.345 e. The average Bonchev–Trinajstić information content (AvgIpc) is 3.04. The lowest BCUT2D eigenvalue weighted by Gasteiger charge is -2.17. The van der Waals surface area contributed by atoms with E-state index in [0.717, 1.165) is 23.4 Å². The highest BCUT2D eigenvalue weighted by Gasteiger charge is 2.19. The second kappa shape index (κ2) is 7.94. The van der Waals surface area contributed by atoms with Crippen LogP contribution in [0.25, 0.3) is 5.69 Å². The lowest BCUT2D eigenvalue weighted by atomic mass is 10.0. The zero-order valence-corrected chi connectivity index (χ0v) is 16.1. The van der Waals surface area contributed by atoms with Crippen molar-refractivity contribution < 1.29 is 4.79 Å². The highest BCUT2D eigenvalue weighted by atomic mass is 35.5. The van der Waals surface area contributed by atoms with Gasteiger partial charge in [-0.15, -0.1) is 0 Å². The Hall–Kier alpha value is -2.30. The van der Waals surface area contributed by atoms with E-state index < -0.39 is 0 Å². The molecule has 1 atom stereocenters. The monoisotopic (exact) mass is 387 g/mol. The molecule has 0 radical (unpaired) electrons. The van der Waals surface area contributed by atoms with Crippen LogP contribution in [0.5, 0.6) is 0 Å². The molecule has 6 heteroatoms. The molecule has 3 aromatic rings. The fourth-order valence-corrected chi connectivity index (χ4v) is 3.14. The summed E-state index contributed by atoms with van der Waals surface area (Å²) in [4.78, 5) is 12.8. The van der Waals surface area contributed by atoms with Gasteiger partial charge in [-0.25, -0.2) is 4.68 Å². The van der Waals surface area contributed by atoms with Crippen molar-refractivity contribution >= 4 is 29.1 Å². The summed E-state index contributed by atoms with van der Waals surface area (Å²) in [6.45, 7) is 3.90. The zero-order valence-electron chi connectivity index (χ0n) is 14.5. The van der Waals surface area contributed by atoms with Gasteiger partial charge in [0.25, 0.3) is 5.91 Å². The van der Waals surface area contributed by atoms with E-state index in [1.165, 1.54) is 0 Å². The number of halogens is 2. The molecule has 1 unspecified atom stereocenters. The normalized spacial score (nSPS) is 12.0. The molecule has 4 nitrogen and oxygen atoms in total. The minimum absolute atomic E-state index is 0.0450. The van der Waals surface area contributed by atoms with Crippen LogP contribution in [-0.2, 0) is 0 Å². The van der Waals surface area contributed by atoms with Crippen molar-refractivity contribution in [1.29, 1.82) is 0 Å². The number of hydrogen-bond donors (Lipinski definition) is 1. The number of amides is 1. The van der Waals surface area contributed by atoms with Gasteiger partial charge in [0.15, 0.2) is 0 Å². The summed E-state index contributed by atoms with van der Waals surface area (Å²) >= 11 is 12.1. The summed E-state index contributed by atoms with van der Waals surface area (Å²) in [5, 5.41) is 8.35. The first-order valence-corrected chi connectivity index (χ1v) is 9.12. The van der Waals surface area contributed by atoms with E-state index in [9.17, 15) is 4.79 Å². The summed E-state index contributed by atoms with van der Waals surface area (Å²) in [5.41, 5.74) is 3.11. The molecule has 3 rings (SSSR count). The fraction of sp³-hybridized carbons (Fsp3) is 0.200. The number of aromatic nitrogens is 2. The van der Waals surface area contributed by atoms with Gasteiger partial charge >= 0.3 is 0 Å². The average molecular weight is 388 g/mol. The topological polar surface area (TPSA) is 46.9 Å². The Balaban J connectivity index is 1.84. The smallest absolute Gasteiger partial charge is 0.255 e. The molecular formula is C20H19Cl2N3O.